The predicted octanol–water partition coefficient (Wildman–Crippen LogP) is 3.57. The van der Waals surface area contributed by atoms with E-state index in [0.717, 1.165) is 31.4 Å². The molecule has 0 aliphatic carbocycles. The average molecular weight is 379 g/mol. The SMILES string of the molecule is CC(CC(=O)NC1CC(C)(C)NC(C)(C)C1)=NC1CC(C)(C)NC(C)(C)C1. The number of rotatable bonds is 4. The van der Waals surface area contributed by atoms with Gasteiger partial charge in [-0.3, -0.25) is 9.79 Å². The summed E-state index contributed by atoms with van der Waals surface area (Å²) in [5.41, 5.74) is 1.16. The topological polar surface area (TPSA) is 65.5 Å². The third kappa shape index (κ3) is 7.19. The van der Waals surface area contributed by atoms with Gasteiger partial charge in [-0.1, -0.05) is 0 Å². The Morgan fingerprint density at radius 3 is 1.70 bits per heavy atom. The number of piperidine rings is 2. The highest BCUT2D eigenvalue weighted by Crippen LogP contribution is 2.31. The fourth-order valence-electron chi connectivity index (χ4n) is 5.65. The van der Waals surface area contributed by atoms with Gasteiger partial charge in [0.05, 0.1) is 12.5 Å². The molecule has 0 aromatic carbocycles. The molecule has 2 aliphatic rings. The van der Waals surface area contributed by atoms with E-state index < -0.39 is 0 Å². The van der Waals surface area contributed by atoms with Crippen molar-refractivity contribution in [3.8, 4) is 0 Å². The Morgan fingerprint density at radius 1 is 0.852 bits per heavy atom. The molecule has 27 heavy (non-hydrogen) atoms. The van der Waals surface area contributed by atoms with Crippen molar-refractivity contribution in [3.05, 3.63) is 0 Å². The summed E-state index contributed by atoms with van der Waals surface area (Å²) >= 11 is 0. The van der Waals surface area contributed by atoms with Crippen LogP contribution < -0.4 is 16.0 Å². The summed E-state index contributed by atoms with van der Waals surface area (Å²) in [6.07, 6.45) is 4.32. The van der Waals surface area contributed by atoms with Gasteiger partial charge in [0.15, 0.2) is 0 Å². The molecule has 2 rings (SSSR count). The molecule has 2 heterocycles. The quantitative estimate of drug-likeness (QED) is 0.655. The molecule has 0 unspecified atom stereocenters. The summed E-state index contributed by atoms with van der Waals surface area (Å²) < 4.78 is 0. The molecule has 0 aromatic heterocycles. The van der Waals surface area contributed by atoms with E-state index in [9.17, 15) is 4.79 Å². The van der Waals surface area contributed by atoms with E-state index in [4.69, 9.17) is 4.99 Å². The third-order valence-corrected chi connectivity index (χ3v) is 5.54. The zero-order chi connectivity index (χ0) is 20.7. The van der Waals surface area contributed by atoms with Crippen LogP contribution in [0.5, 0.6) is 0 Å². The summed E-state index contributed by atoms with van der Waals surface area (Å²) in [4.78, 5) is 17.5. The number of nitrogens with one attached hydrogen (secondary N) is 3. The Bertz CT molecular complexity index is 557. The number of aliphatic imine (C=N–C) groups is 1. The van der Waals surface area contributed by atoms with Gasteiger partial charge in [0.2, 0.25) is 5.91 Å². The van der Waals surface area contributed by atoms with E-state index in [1.54, 1.807) is 0 Å². The molecule has 2 aliphatic heterocycles. The van der Waals surface area contributed by atoms with Crippen LogP contribution in [0.2, 0.25) is 0 Å². The van der Waals surface area contributed by atoms with Gasteiger partial charge in [-0.15, -0.1) is 0 Å². The average Bonchev–Trinajstić information content (AvgIpc) is 2.28. The molecule has 5 nitrogen and oxygen atoms in total. The zero-order valence-electron chi connectivity index (χ0n) is 19.0. The Balaban J connectivity index is 1.94. The molecular weight excluding hydrogens is 336 g/mol. The third-order valence-electron chi connectivity index (χ3n) is 5.54. The van der Waals surface area contributed by atoms with Crippen molar-refractivity contribution in [2.24, 2.45) is 4.99 Å². The van der Waals surface area contributed by atoms with Crippen molar-refractivity contribution in [2.75, 3.05) is 0 Å². The summed E-state index contributed by atoms with van der Waals surface area (Å²) in [6, 6.07) is 0.495. The molecular formula is C22H42N4O. The predicted molar refractivity (Wildman–Crippen MR) is 115 cm³/mol. The number of carbonyl (C=O) groups excluding carboxylic acids is 1. The van der Waals surface area contributed by atoms with Crippen LogP contribution in [0.1, 0.15) is 94.4 Å². The molecule has 0 bridgehead atoms. The number of carbonyl (C=O) groups is 1. The van der Waals surface area contributed by atoms with Crippen LogP contribution in [0.3, 0.4) is 0 Å². The van der Waals surface area contributed by atoms with Crippen LogP contribution in [0.4, 0.5) is 0 Å². The number of amides is 1. The van der Waals surface area contributed by atoms with Crippen molar-refractivity contribution in [1.29, 1.82) is 0 Å². The molecule has 0 saturated carbocycles. The first-order valence-corrected chi connectivity index (χ1v) is 10.5. The first-order valence-electron chi connectivity index (χ1n) is 10.5. The molecule has 2 fully saturated rings. The molecule has 0 aromatic rings. The molecule has 5 heteroatoms. The minimum Gasteiger partial charge on any atom is -0.353 e. The fourth-order valence-corrected chi connectivity index (χ4v) is 5.65. The standard InChI is InChI=1S/C22H42N4O/c1-15(23-16-11-19(2,3)25-20(4,5)12-16)10-18(27)24-17-13-21(6,7)26-22(8,9)14-17/h16-17,25-26H,10-14H2,1-9H3,(H,24,27). The van der Waals surface area contributed by atoms with Gasteiger partial charge in [0.25, 0.3) is 0 Å². The Labute approximate surface area is 166 Å². The van der Waals surface area contributed by atoms with Crippen LogP contribution >= 0.6 is 0 Å². The van der Waals surface area contributed by atoms with Crippen LogP contribution in [0.25, 0.3) is 0 Å². The number of hydrogen-bond donors (Lipinski definition) is 3. The molecule has 2 saturated heterocycles. The largest absolute Gasteiger partial charge is 0.353 e. The smallest absolute Gasteiger partial charge is 0.225 e. The Hall–Kier alpha value is -0.940. The van der Waals surface area contributed by atoms with Crippen LogP contribution in [0.15, 0.2) is 4.99 Å². The molecule has 1 amide bonds. The van der Waals surface area contributed by atoms with Gasteiger partial charge >= 0.3 is 0 Å². The fraction of sp³-hybridized carbons (Fsp3) is 0.909. The second kappa shape index (κ2) is 7.47. The molecule has 0 atom stereocenters. The lowest BCUT2D eigenvalue weighted by atomic mass is 9.79. The number of hydrogen-bond acceptors (Lipinski definition) is 4. The first kappa shape index (κ1) is 22.4. The highest BCUT2D eigenvalue weighted by molar-refractivity contribution is 6.00. The second-order valence-electron chi connectivity index (χ2n) is 11.6. The van der Waals surface area contributed by atoms with Gasteiger partial charge in [0, 0.05) is 33.9 Å². The molecule has 0 spiro atoms. The van der Waals surface area contributed by atoms with Gasteiger partial charge in [0.1, 0.15) is 0 Å². The lowest BCUT2D eigenvalue weighted by molar-refractivity contribution is -0.121. The van der Waals surface area contributed by atoms with Gasteiger partial charge in [-0.2, -0.15) is 0 Å². The van der Waals surface area contributed by atoms with Crippen molar-refractivity contribution in [2.45, 2.75) is 129 Å². The number of nitrogens with zero attached hydrogens (tertiary/aromatic N) is 1. The maximum absolute atomic E-state index is 12.6. The zero-order valence-corrected chi connectivity index (χ0v) is 19.0. The summed E-state index contributed by atoms with van der Waals surface area (Å²) in [5.74, 6) is 0.0993. The van der Waals surface area contributed by atoms with Crippen LogP contribution in [0, 0.1) is 0 Å². The van der Waals surface area contributed by atoms with E-state index >= 15 is 0 Å². The minimum absolute atomic E-state index is 0.0368. The van der Waals surface area contributed by atoms with Gasteiger partial charge in [-0.05, 0) is 88.0 Å². The van der Waals surface area contributed by atoms with E-state index in [2.05, 4.69) is 71.3 Å². The Morgan fingerprint density at radius 2 is 1.26 bits per heavy atom. The molecule has 0 radical (unpaired) electrons. The van der Waals surface area contributed by atoms with E-state index in [-0.39, 0.29) is 40.1 Å². The van der Waals surface area contributed by atoms with E-state index in [1.165, 1.54) is 0 Å². The monoisotopic (exact) mass is 378 g/mol. The van der Waals surface area contributed by atoms with E-state index in [1.807, 2.05) is 6.92 Å². The van der Waals surface area contributed by atoms with Crippen molar-refractivity contribution in [3.63, 3.8) is 0 Å². The summed E-state index contributed by atoms with van der Waals surface area (Å²) in [6.45, 7) is 19.8. The summed E-state index contributed by atoms with van der Waals surface area (Å²) in [7, 11) is 0. The normalized spacial score (nSPS) is 28.0. The molecule has 3 N–H and O–H groups in total. The highest BCUT2D eigenvalue weighted by Gasteiger charge is 2.39. The van der Waals surface area contributed by atoms with Crippen LogP contribution in [-0.4, -0.2) is 45.9 Å². The first-order chi connectivity index (χ1) is 12.1. The van der Waals surface area contributed by atoms with Crippen LogP contribution in [-0.2, 0) is 4.79 Å². The molecule has 156 valence electrons. The van der Waals surface area contributed by atoms with Gasteiger partial charge in [-0.25, -0.2) is 0 Å². The maximum atomic E-state index is 12.6. The minimum atomic E-state index is 0.0368. The van der Waals surface area contributed by atoms with Crippen molar-refractivity contribution >= 4 is 11.6 Å². The van der Waals surface area contributed by atoms with E-state index in [0.29, 0.717) is 6.42 Å². The lowest BCUT2D eigenvalue weighted by Crippen LogP contribution is -2.62. The lowest BCUT2D eigenvalue weighted by Gasteiger charge is -2.46. The van der Waals surface area contributed by atoms with Crippen molar-refractivity contribution in [1.82, 2.24) is 16.0 Å². The van der Waals surface area contributed by atoms with Crippen molar-refractivity contribution < 1.29 is 4.79 Å². The maximum Gasteiger partial charge on any atom is 0.225 e. The Kier molecular flexibility index (Phi) is 6.19. The summed E-state index contributed by atoms with van der Waals surface area (Å²) in [5, 5.41) is 10.6. The highest BCUT2D eigenvalue weighted by atomic mass is 16.1. The second-order valence-corrected chi connectivity index (χ2v) is 11.6. The van der Waals surface area contributed by atoms with Gasteiger partial charge < -0.3 is 16.0 Å².